The Hall–Kier alpha value is -2.60. The number of hydrogen-bond donors (Lipinski definition) is 2. The van der Waals surface area contributed by atoms with Crippen LogP contribution >= 0.6 is 0 Å². The normalized spacial score (nSPS) is 14.8. The van der Waals surface area contributed by atoms with E-state index >= 15 is 0 Å². The van der Waals surface area contributed by atoms with Crippen LogP contribution < -0.4 is 10.2 Å². The molecule has 0 aliphatic carbocycles. The maximum Gasteiger partial charge on any atom is 0.193 e. The van der Waals surface area contributed by atoms with Crippen LogP contribution in [-0.4, -0.2) is 43.2 Å². The van der Waals surface area contributed by atoms with Crippen LogP contribution in [0.25, 0.3) is 0 Å². The average molecular weight is 399 g/mol. The summed E-state index contributed by atoms with van der Waals surface area (Å²) in [6.07, 6.45) is 3.89. The largest absolute Gasteiger partial charge is 0.392 e. The summed E-state index contributed by atoms with van der Waals surface area (Å²) in [5, 5.41) is 12.5. The second kappa shape index (κ2) is 10.3. The van der Waals surface area contributed by atoms with Crippen LogP contribution in [0.5, 0.6) is 0 Å². The molecule has 0 amide bonds. The van der Waals surface area contributed by atoms with Crippen molar-refractivity contribution in [1.29, 1.82) is 0 Å². The summed E-state index contributed by atoms with van der Waals surface area (Å²) >= 11 is 0. The molecular formula is C23H31FN4O. The first-order chi connectivity index (χ1) is 14.1. The van der Waals surface area contributed by atoms with E-state index in [1.165, 1.54) is 36.6 Å². The molecule has 6 heteroatoms. The van der Waals surface area contributed by atoms with Crippen molar-refractivity contribution in [3.8, 4) is 0 Å². The molecule has 0 saturated carbocycles. The Bertz CT molecular complexity index is 816. The highest BCUT2D eigenvalue weighted by molar-refractivity contribution is 5.79. The summed E-state index contributed by atoms with van der Waals surface area (Å²) in [4.78, 5) is 8.87. The third-order valence-corrected chi connectivity index (χ3v) is 5.38. The molecule has 2 aromatic carbocycles. The molecular weight excluding hydrogens is 367 g/mol. The molecule has 0 radical (unpaired) electrons. The van der Waals surface area contributed by atoms with Gasteiger partial charge < -0.3 is 20.2 Å². The van der Waals surface area contributed by atoms with Gasteiger partial charge in [-0.05, 0) is 54.7 Å². The molecule has 1 aliphatic heterocycles. The molecule has 29 heavy (non-hydrogen) atoms. The van der Waals surface area contributed by atoms with E-state index in [1.807, 2.05) is 7.05 Å². The van der Waals surface area contributed by atoms with E-state index in [1.54, 1.807) is 19.2 Å². The molecule has 0 spiro atoms. The molecule has 1 aliphatic rings. The SMILES string of the molecule is CN=C(NCc1ccc(F)c(CO)c1)N(C)Cc1ccc(N2CCCCC2)cc1. The van der Waals surface area contributed by atoms with Crippen LogP contribution in [0, 0.1) is 5.82 Å². The van der Waals surface area contributed by atoms with Gasteiger partial charge in [-0.2, -0.15) is 0 Å². The molecule has 0 atom stereocenters. The highest BCUT2D eigenvalue weighted by Gasteiger charge is 2.12. The van der Waals surface area contributed by atoms with E-state index < -0.39 is 0 Å². The van der Waals surface area contributed by atoms with Crippen LogP contribution in [0.4, 0.5) is 10.1 Å². The number of anilines is 1. The molecule has 1 fully saturated rings. The second-order valence-corrected chi connectivity index (χ2v) is 7.55. The number of aliphatic hydroxyl groups excluding tert-OH is 1. The summed E-state index contributed by atoms with van der Waals surface area (Å²) in [5.74, 6) is 0.380. The maximum atomic E-state index is 13.5. The van der Waals surface area contributed by atoms with Gasteiger partial charge in [-0.3, -0.25) is 4.99 Å². The maximum absolute atomic E-state index is 13.5. The van der Waals surface area contributed by atoms with Gasteiger partial charge in [0.15, 0.2) is 5.96 Å². The Labute approximate surface area is 172 Å². The van der Waals surface area contributed by atoms with E-state index in [0.29, 0.717) is 12.1 Å². The molecule has 1 saturated heterocycles. The smallest absolute Gasteiger partial charge is 0.193 e. The van der Waals surface area contributed by atoms with Crippen molar-refractivity contribution < 1.29 is 9.50 Å². The summed E-state index contributed by atoms with van der Waals surface area (Å²) in [6.45, 7) is 3.25. The molecule has 0 bridgehead atoms. The number of halogens is 1. The molecule has 2 aromatic rings. The first-order valence-corrected chi connectivity index (χ1v) is 10.2. The number of benzene rings is 2. The minimum Gasteiger partial charge on any atom is -0.392 e. The molecule has 5 nitrogen and oxygen atoms in total. The Balaban J connectivity index is 1.56. The number of nitrogens with one attached hydrogen (secondary N) is 1. The van der Waals surface area contributed by atoms with E-state index in [-0.39, 0.29) is 12.4 Å². The highest BCUT2D eigenvalue weighted by atomic mass is 19.1. The summed E-state index contributed by atoms with van der Waals surface area (Å²) in [5.41, 5.74) is 3.73. The Morgan fingerprint density at radius 1 is 1.10 bits per heavy atom. The quantitative estimate of drug-likeness (QED) is 0.578. The van der Waals surface area contributed by atoms with Crippen molar-refractivity contribution in [1.82, 2.24) is 10.2 Å². The molecule has 0 unspecified atom stereocenters. The van der Waals surface area contributed by atoms with Crippen LogP contribution in [0.15, 0.2) is 47.5 Å². The first-order valence-electron chi connectivity index (χ1n) is 10.2. The zero-order valence-electron chi connectivity index (χ0n) is 17.4. The first kappa shape index (κ1) is 21.1. The molecule has 1 heterocycles. The lowest BCUT2D eigenvalue weighted by atomic mass is 10.1. The van der Waals surface area contributed by atoms with Crippen LogP contribution in [0.1, 0.15) is 36.0 Å². The van der Waals surface area contributed by atoms with E-state index in [4.69, 9.17) is 0 Å². The minimum atomic E-state index is -0.384. The Morgan fingerprint density at radius 2 is 1.79 bits per heavy atom. The predicted octanol–water partition coefficient (Wildman–Crippen LogP) is 3.52. The lowest BCUT2D eigenvalue weighted by Crippen LogP contribution is -2.38. The third-order valence-electron chi connectivity index (χ3n) is 5.38. The van der Waals surface area contributed by atoms with Crippen LogP contribution in [0.3, 0.4) is 0 Å². The van der Waals surface area contributed by atoms with E-state index in [0.717, 1.165) is 31.2 Å². The van der Waals surface area contributed by atoms with Crippen molar-refractivity contribution in [2.75, 3.05) is 32.1 Å². The summed E-state index contributed by atoms with van der Waals surface area (Å²) < 4.78 is 13.5. The van der Waals surface area contributed by atoms with Crippen LogP contribution in [0.2, 0.25) is 0 Å². The van der Waals surface area contributed by atoms with Gasteiger partial charge in [0.25, 0.3) is 0 Å². The fourth-order valence-electron chi connectivity index (χ4n) is 3.74. The molecule has 2 N–H and O–H groups in total. The van der Waals surface area contributed by atoms with Gasteiger partial charge >= 0.3 is 0 Å². The fraction of sp³-hybridized carbons (Fsp3) is 0.435. The van der Waals surface area contributed by atoms with Crippen LogP contribution in [-0.2, 0) is 19.7 Å². The van der Waals surface area contributed by atoms with Gasteiger partial charge in [0.2, 0.25) is 0 Å². The lowest BCUT2D eigenvalue weighted by molar-refractivity contribution is 0.275. The van der Waals surface area contributed by atoms with Crippen molar-refractivity contribution in [3.05, 3.63) is 65.0 Å². The van der Waals surface area contributed by atoms with Gasteiger partial charge in [0.05, 0.1) is 6.61 Å². The monoisotopic (exact) mass is 398 g/mol. The van der Waals surface area contributed by atoms with E-state index in [2.05, 4.69) is 44.4 Å². The number of nitrogens with zero attached hydrogens (tertiary/aromatic N) is 3. The highest BCUT2D eigenvalue weighted by Crippen LogP contribution is 2.20. The van der Waals surface area contributed by atoms with E-state index in [9.17, 15) is 9.50 Å². The predicted molar refractivity (Wildman–Crippen MR) is 116 cm³/mol. The standard InChI is InChI=1S/C23H31FN4O/c1-25-23(26-15-19-8-11-22(24)20(14-19)17-29)27(2)16-18-6-9-21(10-7-18)28-12-4-3-5-13-28/h6-11,14,29H,3-5,12-13,15-17H2,1-2H3,(H,25,26). The van der Waals surface area contributed by atoms with Crippen molar-refractivity contribution in [2.24, 2.45) is 4.99 Å². The Morgan fingerprint density at radius 3 is 2.45 bits per heavy atom. The van der Waals surface area contributed by atoms with Gasteiger partial charge in [0.1, 0.15) is 5.82 Å². The number of guanidine groups is 1. The number of piperidine rings is 1. The van der Waals surface area contributed by atoms with Gasteiger partial charge in [-0.25, -0.2) is 4.39 Å². The summed E-state index contributed by atoms with van der Waals surface area (Å²) in [7, 11) is 3.75. The number of hydrogen-bond acceptors (Lipinski definition) is 3. The van der Waals surface area contributed by atoms with Crippen molar-refractivity contribution in [3.63, 3.8) is 0 Å². The Kier molecular flexibility index (Phi) is 7.47. The number of aliphatic imine (C=N–C) groups is 1. The molecule has 3 rings (SSSR count). The number of aliphatic hydroxyl groups is 1. The zero-order chi connectivity index (χ0) is 20.6. The average Bonchev–Trinajstić information content (AvgIpc) is 2.76. The van der Waals surface area contributed by atoms with Crippen molar-refractivity contribution in [2.45, 2.75) is 39.0 Å². The van der Waals surface area contributed by atoms with Gasteiger partial charge in [-0.15, -0.1) is 0 Å². The van der Waals surface area contributed by atoms with Gasteiger partial charge in [-0.1, -0.05) is 18.2 Å². The molecule has 156 valence electrons. The number of rotatable bonds is 6. The fourth-order valence-corrected chi connectivity index (χ4v) is 3.74. The summed E-state index contributed by atoms with van der Waals surface area (Å²) in [6, 6.07) is 13.6. The second-order valence-electron chi connectivity index (χ2n) is 7.55. The minimum absolute atomic E-state index is 0.304. The zero-order valence-corrected chi connectivity index (χ0v) is 17.4. The lowest BCUT2D eigenvalue weighted by Gasteiger charge is -2.29. The van der Waals surface area contributed by atoms with Gasteiger partial charge in [0, 0.05) is 51.5 Å². The molecule has 0 aromatic heterocycles. The third kappa shape index (κ3) is 5.70. The van der Waals surface area contributed by atoms with Crippen molar-refractivity contribution >= 4 is 11.6 Å². The topological polar surface area (TPSA) is 51.1 Å².